The van der Waals surface area contributed by atoms with E-state index in [1.165, 1.54) is 0 Å². The molecular weight excluding hydrogens is 214 g/mol. The van der Waals surface area contributed by atoms with Crippen molar-refractivity contribution in [2.45, 2.75) is 18.2 Å². The quantitative estimate of drug-likeness (QED) is 0.668. The Hall–Kier alpha value is -1.42. The van der Waals surface area contributed by atoms with E-state index in [1.54, 1.807) is 0 Å². The van der Waals surface area contributed by atoms with Gasteiger partial charge in [0.2, 0.25) is 0 Å². The monoisotopic (exact) mass is 229 g/mol. The first-order valence-electron chi connectivity index (χ1n) is 5.81. The Morgan fingerprint density at radius 3 is 2.76 bits per heavy atom. The molecule has 3 rings (SSSR count). The van der Waals surface area contributed by atoms with Crippen molar-refractivity contribution in [2.24, 2.45) is 0 Å². The maximum atomic E-state index is 10.9. The summed E-state index contributed by atoms with van der Waals surface area (Å²) in [5.74, 6) is 0. The van der Waals surface area contributed by atoms with Crippen LogP contribution in [0.2, 0.25) is 0 Å². The van der Waals surface area contributed by atoms with E-state index < -0.39 is 11.7 Å². The normalized spacial score (nSPS) is 31.2. The van der Waals surface area contributed by atoms with Gasteiger partial charge in [0.1, 0.15) is 11.7 Å². The van der Waals surface area contributed by atoms with E-state index in [-0.39, 0.29) is 0 Å². The molecular formula is C14H15NO2. The van der Waals surface area contributed by atoms with Crippen LogP contribution in [0.1, 0.15) is 11.1 Å². The first kappa shape index (κ1) is 10.7. The van der Waals surface area contributed by atoms with Crippen molar-refractivity contribution in [2.75, 3.05) is 6.54 Å². The molecule has 1 heterocycles. The van der Waals surface area contributed by atoms with E-state index in [4.69, 9.17) is 0 Å². The number of rotatable bonds is 1. The average Bonchev–Trinajstić information content (AvgIpc) is 2.37. The Bertz CT molecular complexity index is 507. The molecule has 0 fully saturated rings. The molecule has 0 amide bonds. The molecule has 1 aliphatic carbocycles. The summed E-state index contributed by atoms with van der Waals surface area (Å²) in [6, 6.07) is 7.71. The number of hydrogen-bond donors (Lipinski definition) is 3. The molecule has 0 saturated heterocycles. The second kappa shape index (κ2) is 3.81. The summed E-state index contributed by atoms with van der Waals surface area (Å²) in [5.41, 5.74) is 1.33. The highest BCUT2D eigenvalue weighted by Gasteiger charge is 2.43. The molecule has 0 saturated carbocycles. The third kappa shape index (κ3) is 1.47. The third-order valence-corrected chi connectivity index (χ3v) is 3.56. The van der Waals surface area contributed by atoms with Gasteiger partial charge in [0, 0.05) is 13.1 Å². The van der Waals surface area contributed by atoms with Crippen molar-refractivity contribution >= 4 is 0 Å². The van der Waals surface area contributed by atoms with Crippen molar-refractivity contribution in [3.63, 3.8) is 0 Å². The Labute approximate surface area is 100 Å². The first-order chi connectivity index (χ1) is 8.23. The van der Waals surface area contributed by atoms with Crippen LogP contribution in [0.4, 0.5) is 0 Å². The van der Waals surface area contributed by atoms with Crippen molar-refractivity contribution in [3.05, 3.63) is 59.2 Å². The minimum Gasteiger partial charge on any atom is -0.388 e. The maximum Gasteiger partial charge on any atom is 0.142 e. The van der Waals surface area contributed by atoms with Gasteiger partial charge in [-0.15, -0.1) is 0 Å². The first-order valence-corrected chi connectivity index (χ1v) is 5.81. The minimum atomic E-state index is -1.28. The van der Waals surface area contributed by atoms with Crippen molar-refractivity contribution < 1.29 is 10.2 Å². The van der Waals surface area contributed by atoms with Crippen LogP contribution < -0.4 is 5.32 Å². The van der Waals surface area contributed by atoms with Gasteiger partial charge in [0.15, 0.2) is 0 Å². The summed E-state index contributed by atoms with van der Waals surface area (Å²) in [7, 11) is 0. The highest BCUT2D eigenvalue weighted by atomic mass is 16.3. The number of fused-ring (bicyclic) bond motifs is 1. The van der Waals surface area contributed by atoms with E-state index in [0.29, 0.717) is 13.1 Å². The fraction of sp³-hybridized carbons (Fsp3) is 0.286. The molecule has 0 aromatic heterocycles. The molecule has 88 valence electrons. The lowest BCUT2D eigenvalue weighted by Crippen LogP contribution is -2.45. The van der Waals surface area contributed by atoms with E-state index in [2.05, 4.69) is 5.32 Å². The predicted molar refractivity (Wildman–Crippen MR) is 65.3 cm³/mol. The number of benzene rings is 1. The fourth-order valence-corrected chi connectivity index (χ4v) is 2.51. The summed E-state index contributed by atoms with van der Waals surface area (Å²) in [6.45, 7) is 1.06. The van der Waals surface area contributed by atoms with E-state index in [0.717, 1.165) is 16.7 Å². The second-order valence-corrected chi connectivity index (χ2v) is 4.55. The number of aliphatic hydroxyl groups excluding tert-OH is 1. The molecule has 3 N–H and O–H groups in total. The van der Waals surface area contributed by atoms with Gasteiger partial charge in [-0.3, -0.25) is 0 Å². The zero-order valence-corrected chi connectivity index (χ0v) is 9.43. The van der Waals surface area contributed by atoms with Crippen LogP contribution >= 0.6 is 0 Å². The molecule has 0 bridgehead atoms. The topological polar surface area (TPSA) is 52.5 Å². The van der Waals surface area contributed by atoms with Crippen LogP contribution in [0.3, 0.4) is 0 Å². The third-order valence-electron chi connectivity index (χ3n) is 3.56. The number of β-amino-alcohol motifs (C(OH)–C–C–N with tert-alkyl or cyclic N) is 1. The summed E-state index contributed by atoms with van der Waals surface area (Å²) in [6.07, 6.45) is 4.75. The van der Waals surface area contributed by atoms with Gasteiger partial charge >= 0.3 is 0 Å². The van der Waals surface area contributed by atoms with Gasteiger partial charge in [0.05, 0.1) is 0 Å². The van der Waals surface area contributed by atoms with Crippen molar-refractivity contribution in [1.82, 2.24) is 5.32 Å². The molecule has 3 heteroatoms. The molecule has 1 aromatic carbocycles. The largest absolute Gasteiger partial charge is 0.388 e. The standard InChI is InChI=1S/C14H15NO2/c16-13-9-15-8-10-4-1-2-7-12(10)14(13,17)11-5-3-6-11/h1-7,13,15-17H,8-9H2. The second-order valence-electron chi connectivity index (χ2n) is 4.55. The van der Waals surface area contributed by atoms with E-state index in [9.17, 15) is 10.2 Å². The van der Waals surface area contributed by atoms with Crippen LogP contribution in [0.15, 0.2) is 48.1 Å². The molecule has 3 nitrogen and oxygen atoms in total. The number of allylic oxidation sites excluding steroid dienone is 2. The number of nitrogens with one attached hydrogen (secondary N) is 1. The SMILES string of the molecule is OC1CNCc2ccccc2C1(O)C1=CC=C1. The van der Waals surface area contributed by atoms with E-state index in [1.807, 2.05) is 42.5 Å². The zero-order valence-electron chi connectivity index (χ0n) is 9.43. The lowest BCUT2D eigenvalue weighted by Gasteiger charge is -2.35. The molecule has 0 spiro atoms. The van der Waals surface area contributed by atoms with Crippen LogP contribution in [0.5, 0.6) is 0 Å². The van der Waals surface area contributed by atoms with E-state index >= 15 is 0 Å². The Morgan fingerprint density at radius 1 is 1.29 bits per heavy atom. The molecule has 0 radical (unpaired) electrons. The van der Waals surface area contributed by atoms with Gasteiger partial charge in [-0.2, -0.15) is 0 Å². The van der Waals surface area contributed by atoms with Crippen LogP contribution in [-0.4, -0.2) is 22.9 Å². The van der Waals surface area contributed by atoms with Crippen molar-refractivity contribution in [3.8, 4) is 0 Å². The molecule has 17 heavy (non-hydrogen) atoms. The maximum absolute atomic E-state index is 10.9. The van der Waals surface area contributed by atoms with Crippen LogP contribution in [0, 0.1) is 0 Å². The minimum absolute atomic E-state index is 0.385. The van der Waals surface area contributed by atoms with Crippen LogP contribution in [0.25, 0.3) is 0 Å². The predicted octanol–water partition coefficient (Wildman–Crippen LogP) is 0.834. The molecule has 2 atom stereocenters. The number of aliphatic hydroxyl groups is 2. The van der Waals surface area contributed by atoms with Gasteiger partial charge in [-0.1, -0.05) is 42.5 Å². The van der Waals surface area contributed by atoms with Crippen molar-refractivity contribution in [1.29, 1.82) is 0 Å². The summed E-state index contributed by atoms with van der Waals surface area (Å²) >= 11 is 0. The zero-order chi connectivity index (χ0) is 11.9. The Kier molecular flexibility index (Phi) is 2.40. The molecule has 1 aromatic rings. The summed E-state index contributed by atoms with van der Waals surface area (Å²) in [5, 5.41) is 24.2. The highest BCUT2D eigenvalue weighted by Crippen LogP contribution is 2.39. The number of hydrogen-bond acceptors (Lipinski definition) is 3. The molecule has 2 aliphatic rings. The lowest BCUT2D eigenvalue weighted by molar-refractivity contribution is -0.0466. The summed E-state index contributed by atoms with van der Waals surface area (Å²) in [4.78, 5) is 0. The highest BCUT2D eigenvalue weighted by molar-refractivity contribution is 5.50. The summed E-state index contributed by atoms with van der Waals surface area (Å²) < 4.78 is 0. The van der Waals surface area contributed by atoms with Gasteiger partial charge < -0.3 is 15.5 Å². The lowest BCUT2D eigenvalue weighted by atomic mass is 9.77. The Morgan fingerprint density at radius 2 is 2.06 bits per heavy atom. The average molecular weight is 229 g/mol. The smallest absolute Gasteiger partial charge is 0.142 e. The van der Waals surface area contributed by atoms with Gasteiger partial charge in [-0.25, -0.2) is 0 Å². The van der Waals surface area contributed by atoms with Gasteiger partial charge in [0.25, 0.3) is 0 Å². The van der Waals surface area contributed by atoms with Crippen LogP contribution in [-0.2, 0) is 12.1 Å². The Balaban J connectivity index is 2.16. The fourth-order valence-electron chi connectivity index (χ4n) is 2.51. The van der Waals surface area contributed by atoms with Gasteiger partial charge in [-0.05, 0) is 16.7 Å². The molecule has 1 aliphatic heterocycles. The molecule has 2 unspecified atom stereocenters.